The topological polar surface area (TPSA) is 54.2 Å². The average Bonchev–Trinajstić information content (AvgIpc) is 2.94. The number of rotatable bonds is 3. The Morgan fingerprint density at radius 3 is 3.12 bits per heavy atom. The van der Waals surface area contributed by atoms with E-state index in [0.29, 0.717) is 24.4 Å². The molecule has 0 saturated carbocycles. The van der Waals surface area contributed by atoms with Gasteiger partial charge in [-0.3, -0.25) is 0 Å². The van der Waals surface area contributed by atoms with Crippen molar-refractivity contribution < 1.29 is 4.42 Å². The highest BCUT2D eigenvalue weighted by Gasteiger charge is 2.31. The summed E-state index contributed by atoms with van der Waals surface area (Å²) >= 11 is 0. The van der Waals surface area contributed by atoms with Crippen LogP contribution in [0.15, 0.2) is 4.42 Å². The normalized spacial score (nSPS) is 29.5. The first-order chi connectivity index (χ1) is 8.31. The quantitative estimate of drug-likeness (QED) is 0.851. The SMILES string of the molecule is Cc1nnc(CNC2CCN3CCCC3C2)o1. The van der Waals surface area contributed by atoms with E-state index in [1.807, 2.05) is 6.92 Å². The second-order valence-electron chi connectivity index (χ2n) is 5.15. The molecule has 5 heteroatoms. The van der Waals surface area contributed by atoms with Crippen molar-refractivity contribution in [3.8, 4) is 0 Å². The molecule has 5 nitrogen and oxygen atoms in total. The Labute approximate surface area is 102 Å². The van der Waals surface area contributed by atoms with Crippen molar-refractivity contribution in [1.82, 2.24) is 20.4 Å². The van der Waals surface area contributed by atoms with Crippen LogP contribution in [0.25, 0.3) is 0 Å². The molecular formula is C12H20N4O. The van der Waals surface area contributed by atoms with Crippen molar-refractivity contribution in [3.63, 3.8) is 0 Å². The molecule has 2 unspecified atom stereocenters. The van der Waals surface area contributed by atoms with Gasteiger partial charge in [0.25, 0.3) is 0 Å². The van der Waals surface area contributed by atoms with Crippen LogP contribution in [0.5, 0.6) is 0 Å². The maximum Gasteiger partial charge on any atom is 0.230 e. The third kappa shape index (κ3) is 2.50. The molecule has 2 fully saturated rings. The molecule has 1 aromatic heterocycles. The standard InChI is InChI=1S/C12H20N4O/c1-9-14-15-12(17-9)8-13-10-4-6-16-5-2-3-11(16)7-10/h10-11,13H,2-8H2,1H3. The van der Waals surface area contributed by atoms with E-state index in [4.69, 9.17) is 4.42 Å². The van der Waals surface area contributed by atoms with Crippen molar-refractivity contribution in [1.29, 1.82) is 0 Å². The van der Waals surface area contributed by atoms with Crippen molar-refractivity contribution in [2.75, 3.05) is 13.1 Å². The molecule has 17 heavy (non-hydrogen) atoms. The Balaban J connectivity index is 1.49. The Morgan fingerprint density at radius 2 is 2.29 bits per heavy atom. The van der Waals surface area contributed by atoms with Crippen LogP contribution in [0.1, 0.15) is 37.5 Å². The molecule has 2 aliphatic heterocycles. The van der Waals surface area contributed by atoms with Gasteiger partial charge in [0.2, 0.25) is 11.8 Å². The Hall–Kier alpha value is -0.940. The molecule has 1 N–H and O–H groups in total. The van der Waals surface area contributed by atoms with Crippen LogP contribution in [-0.2, 0) is 6.54 Å². The van der Waals surface area contributed by atoms with Crippen LogP contribution in [-0.4, -0.2) is 40.3 Å². The van der Waals surface area contributed by atoms with E-state index >= 15 is 0 Å². The lowest BCUT2D eigenvalue weighted by molar-refractivity contribution is 0.165. The Bertz CT molecular complexity index is 378. The second kappa shape index (κ2) is 4.74. The van der Waals surface area contributed by atoms with Crippen molar-refractivity contribution in [3.05, 3.63) is 11.8 Å². The molecule has 2 atom stereocenters. The van der Waals surface area contributed by atoms with Crippen LogP contribution in [0.2, 0.25) is 0 Å². The molecule has 2 aliphatic rings. The fourth-order valence-corrected chi connectivity index (χ4v) is 3.05. The van der Waals surface area contributed by atoms with Gasteiger partial charge in [0, 0.05) is 19.0 Å². The lowest BCUT2D eigenvalue weighted by Crippen LogP contribution is -2.45. The van der Waals surface area contributed by atoms with E-state index in [1.54, 1.807) is 0 Å². The second-order valence-corrected chi connectivity index (χ2v) is 5.15. The zero-order valence-electron chi connectivity index (χ0n) is 10.4. The van der Waals surface area contributed by atoms with Gasteiger partial charge in [-0.2, -0.15) is 0 Å². The third-order valence-corrected chi connectivity index (χ3v) is 3.93. The predicted octanol–water partition coefficient (Wildman–Crippen LogP) is 1.09. The van der Waals surface area contributed by atoms with Gasteiger partial charge >= 0.3 is 0 Å². The summed E-state index contributed by atoms with van der Waals surface area (Å²) in [5.74, 6) is 1.35. The van der Waals surface area contributed by atoms with Crippen LogP contribution in [0, 0.1) is 6.92 Å². The average molecular weight is 236 g/mol. The third-order valence-electron chi connectivity index (χ3n) is 3.93. The molecular weight excluding hydrogens is 216 g/mol. The summed E-state index contributed by atoms with van der Waals surface area (Å²) in [4.78, 5) is 2.63. The number of hydrogen-bond acceptors (Lipinski definition) is 5. The maximum atomic E-state index is 5.37. The van der Waals surface area contributed by atoms with Gasteiger partial charge in [-0.25, -0.2) is 0 Å². The van der Waals surface area contributed by atoms with Crippen LogP contribution in [0.4, 0.5) is 0 Å². The van der Waals surface area contributed by atoms with Gasteiger partial charge in [-0.15, -0.1) is 10.2 Å². The first-order valence-electron chi connectivity index (χ1n) is 6.57. The first-order valence-corrected chi connectivity index (χ1v) is 6.57. The van der Waals surface area contributed by atoms with E-state index in [-0.39, 0.29) is 0 Å². The fraction of sp³-hybridized carbons (Fsp3) is 0.833. The zero-order chi connectivity index (χ0) is 11.7. The minimum atomic E-state index is 0.613. The summed E-state index contributed by atoms with van der Waals surface area (Å²) in [6.45, 7) is 5.08. The molecule has 0 radical (unpaired) electrons. The lowest BCUT2D eigenvalue weighted by Gasteiger charge is -2.35. The summed E-state index contributed by atoms with van der Waals surface area (Å²) in [6, 6.07) is 1.42. The molecule has 0 bridgehead atoms. The number of fused-ring (bicyclic) bond motifs is 1. The van der Waals surface area contributed by atoms with Crippen LogP contribution >= 0.6 is 0 Å². The molecule has 0 spiro atoms. The van der Waals surface area contributed by atoms with Crippen molar-refractivity contribution in [2.24, 2.45) is 0 Å². The highest BCUT2D eigenvalue weighted by molar-refractivity contribution is 4.90. The summed E-state index contributed by atoms with van der Waals surface area (Å²) in [5, 5.41) is 11.4. The summed E-state index contributed by atoms with van der Waals surface area (Å²) in [5.41, 5.74) is 0. The number of aromatic nitrogens is 2. The Kier molecular flexibility index (Phi) is 3.11. The van der Waals surface area contributed by atoms with E-state index in [9.17, 15) is 0 Å². The summed E-state index contributed by atoms with van der Waals surface area (Å²) < 4.78 is 5.37. The number of piperidine rings is 1. The van der Waals surface area contributed by atoms with E-state index in [0.717, 1.165) is 6.04 Å². The monoisotopic (exact) mass is 236 g/mol. The van der Waals surface area contributed by atoms with Crippen LogP contribution in [0.3, 0.4) is 0 Å². The van der Waals surface area contributed by atoms with Gasteiger partial charge in [-0.1, -0.05) is 0 Å². The molecule has 0 amide bonds. The van der Waals surface area contributed by atoms with Gasteiger partial charge in [0.05, 0.1) is 6.54 Å². The number of hydrogen-bond donors (Lipinski definition) is 1. The van der Waals surface area contributed by atoms with Gasteiger partial charge in [0.15, 0.2) is 0 Å². The number of nitrogens with zero attached hydrogens (tertiary/aromatic N) is 3. The van der Waals surface area contributed by atoms with Gasteiger partial charge in [-0.05, 0) is 38.8 Å². The van der Waals surface area contributed by atoms with Gasteiger partial charge in [0.1, 0.15) is 0 Å². The molecule has 1 aromatic rings. The minimum absolute atomic E-state index is 0.613. The summed E-state index contributed by atoms with van der Waals surface area (Å²) in [7, 11) is 0. The molecule has 3 rings (SSSR count). The highest BCUT2D eigenvalue weighted by Crippen LogP contribution is 2.26. The maximum absolute atomic E-state index is 5.37. The molecule has 94 valence electrons. The van der Waals surface area contributed by atoms with E-state index in [2.05, 4.69) is 20.4 Å². The largest absolute Gasteiger partial charge is 0.424 e. The number of nitrogens with one attached hydrogen (secondary N) is 1. The van der Waals surface area contributed by atoms with E-state index in [1.165, 1.54) is 38.8 Å². The highest BCUT2D eigenvalue weighted by atomic mass is 16.4. The zero-order valence-corrected chi connectivity index (χ0v) is 10.4. The minimum Gasteiger partial charge on any atom is -0.424 e. The van der Waals surface area contributed by atoms with Crippen molar-refractivity contribution >= 4 is 0 Å². The lowest BCUT2D eigenvalue weighted by atomic mass is 9.98. The molecule has 3 heterocycles. The molecule has 0 aliphatic carbocycles. The van der Waals surface area contributed by atoms with Gasteiger partial charge < -0.3 is 14.6 Å². The Morgan fingerprint density at radius 1 is 1.35 bits per heavy atom. The molecule has 2 saturated heterocycles. The van der Waals surface area contributed by atoms with Crippen LogP contribution < -0.4 is 5.32 Å². The first kappa shape index (κ1) is 11.2. The smallest absolute Gasteiger partial charge is 0.230 e. The summed E-state index contributed by atoms with van der Waals surface area (Å²) in [6.07, 6.45) is 5.26. The van der Waals surface area contributed by atoms with Crippen molar-refractivity contribution in [2.45, 2.75) is 51.2 Å². The van der Waals surface area contributed by atoms with E-state index < -0.39 is 0 Å². The molecule has 0 aromatic carbocycles. The fourth-order valence-electron chi connectivity index (χ4n) is 3.05. The number of aryl methyl sites for hydroxylation is 1. The predicted molar refractivity (Wildman–Crippen MR) is 63.5 cm³/mol.